The summed E-state index contributed by atoms with van der Waals surface area (Å²) in [6, 6.07) is 8.02. The van der Waals surface area contributed by atoms with Crippen molar-refractivity contribution < 1.29 is 14.7 Å². The van der Waals surface area contributed by atoms with Crippen molar-refractivity contribution in [1.29, 1.82) is 0 Å². The standard InChI is InChI=1S/C16H20O3/c1-16(2,15(18)19)10-14(17)13-9-5-7-11-6-3-4-8-12(11)13/h3-4,6,8,13H,5,7,9-10H2,1-2H3,(H,18,19). The number of rotatable bonds is 4. The summed E-state index contributed by atoms with van der Waals surface area (Å²) < 4.78 is 0. The number of aliphatic carboxylic acids is 1. The van der Waals surface area contributed by atoms with Crippen molar-refractivity contribution in [2.24, 2.45) is 5.41 Å². The largest absolute Gasteiger partial charge is 0.481 e. The van der Waals surface area contributed by atoms with Gasteiger partial charge in [-0.1, -0.05) is 24.3 Å². The maximum Gasteiger partial charge on any atom is 0.309 e. The molecule has 0 saturated carbocycles. The molecule has 0 aliphatic heterocycles. The molecule has 3 heteroatoms. The molecule has 1 aromatic carbocycles. The van der Waals surface area contributed by atoms with Gasteiger partial charge in [-0.15, -0.1) is 0 Å². The van der Waals surface area contributed by atoms with Gasteiger partial charge in [0.2, 0.25) is 0 Å². The average Bonchev–Trinajstić information content (AvgIpc) is 2.37. The van der Waals surface area contributed by atoms with E-state index in [1.54, 1.807) is 13.8 Å². The highest BCUT2D eigenvalue weighted by Gasteiger charge is 2.34. The minimum atomic E-state index is -0.983. The first-order chi connectivity index (χ1) is 8.92. The Morgan fingerprint density at radius 3 is 2.68 bits per heavy atom. The predicted octanol–water partition coefficient (Wildman–Crippen LogP) is 3.18. The molecule has 0 fully saturated rings. The minimum absolute atomic E-state index is 0.0551. The average molecular weight is 260 g/mol. The highest BCUT2D eigenvalue weighted by Crippen LogP contribution is 2.35. The SMILES string of the molecule is CC(C)(CC(=O)C1CCCc2ccccc21)C(=O)O. The molecule has 0 aromatic heterocycles. The zero-order valence-electron chi connectivity index (χ0n) is 11.5. The number of carboxylic acids is 1. The van der Waals surface area contributed by atoms with Crippen LogP contribution in [0.3, 0.4) is 0 Å². The molecular weight excluding hydrogens is 240 g/mol. The molecule has 0 bridgehead atoms. The summed E-state index contributed by atoms with van der Waals surface area (Å²) in [4.78, 5) is 23.6. The molecule has 102 valence electrons. The van der Waals surface area contributed by atoms with E-state index in [0.29, 0.717) is 0 Å². The topological polar surface area (TPSA) is 54.4 Å². The van der Waals surface area contributed by atoms with Gasteiger partial charge in [0.15, 0.2) is 0 Å². The molecule has 0 saturated heterocycles. The van der Waals surface area contributed by atoms with E-state index in [-0.39, 0.29) is 18.1 Å². The Bertz CT molecular complexity index is 502. The first-order valence-electron chi connectivity index (χ1n) is 6.76. The van der Waals surface area contributed by atoms with Crippen molar-refractivity contribution >= 4 is 11.8 Å². The first kappa shape index (κ1) is 13.8. The van der Waals surface area contributed by atoms with Crippen molar-refractivity contribution in [1.82, 2.24) is 0 Å². The Labute approximate surface area is 113 Å². The quantitative estimate of drug-likeness (QED) is 0.904. The van der Waals surface area contributed by atoms with Crippen molar-refractivity contribution in [3.05, 3.63) is 35.4 Å². The second-order valence-electron chi connectivity index (χ2n) is 5.98. The fraction of sp³-hybridized carbons (Fsp3) is 0.500. The molecule has 1 unspecified atom stereocenters. The van der Waals surface area contributed by atoms with Crippen molar-refractivity contribution in [3.8, 4) is 0 Å². The number of Topliss-reactive ketones (excluding diaryl/α,β-unsaturated/α-hetero) is 1. The van der Waals surface area contributed by atoms with Crippen LogP contribution in [0.2, 0.25) is 0 Å². The number of aryl methyl sites for hydroxylation is 1. The summed E-state index contributed by atoms with van der Waals surface area (Å²) >= 11 is 0. The third kappa shape index (κ3) is 2.86. The lowest BCUT2D eigenvalue weighted by Crippen LogP contribution is -2.30. The lowest BCUT2D eigenvalue weighted by atomic mass is 9.76. The van der Waals surface area contributed by atoms with Gasteiger partial charge in [-0.25, -0.2) is 0 Å². The minimum Gasteiger partial charge on any atom is -0.481 e. The number of hydrogen-bond acceptors (Lipinski definition) is 2. The second-order valence-corrected chi connectivity index (χ2v) is 5.98. The Kier molecular flexibility index (Phi) is 3.74. The molecule has 1 aromatic rings. The smallest absolute Gasteiger partial charge is 0.309 e. The molecule has 1 aliphatic carbocycles. The van der Waals surface area contributed by atoms with Crippen LogP contribution in [0.1, 0.15) is 50.2 Å². The molecule has 0 radical (unpaired) electrons. The van der Waals surface area contributed by atoms with E-state index in [1.807, 2.05) is 18.2 Å². The van der Waals surface area contributed by atoms with Crippen molar-refractivity contribution in [2.75, 3.05) is 0 Å². The van der Waals surface area contributed by atoms with Crippen LogP contribution < -0.4 is 0 Å². The lowest BCUT2D eigenvalue weighted by Gasteiger charge is -2.27. The summed E-state index contributed by atoms with van der Waals surface area (Å²) in [7, 11) is 0. The highest BCUT2D eigenvalue weighted by molar-refractivity contribution is 5.90. The zero-order chi connectivity index (χ0) is 14.0. The van der Waals surface area contributed by atoms with Gasteiger partial charge in [-0.05, 0) is 44.2 Å². The number of fused-ring (bicyclic) bond motifs is 1. The van der Waals surface area contributed by atoms with Crippen LogP contribution in [0, 0.1) is 5.41 Å². The number of ketones is 1. The van der Waals surface area contributed by atoms with Gasteiger partial charge in [0.25, 0.3) is 0 Å². The Morgan fingerprint density at radius 1 is 1.32 bits per heavy atom. The second kappa shape index (κ2) is 5.16. The molecule has 2 rings (SSSR count). The summed E-state index contributed by atoms with van der Waals surface area (Å²) in [5, 5.41) is 9.13. The molecule has 0 spiro atoms. The molecular formula is C16H20O3. The predicted molar refractivity (Wildman–Crippen MR) is 73.2 cm³/mol. The van der Waals surface area contributed by atoms with Crippen LogP contribution in [-0.2, 0) is 16.0 Å². The first-order valence-corrected chi connectivity index (χ1v) is 6.76. The van der Waals surface area contributed by atoms with E-state index >= 15 is 0 Å². The third-order valence-electron chi connectivity index (χ3n) is 3.95. The molecule has 19 heavy (non-hydrogen) atoms. The van der Waals surface area contributed by atoms with Crippen molar-refractivity contribution in [3.63, 3.8) is 0 Å². The number of hydrogen-bond donors (Lipinski definition) is 1. The van der Waals surface area contributed by atoms with Gasteiger partial charge in [0, 0.05) is 12.3 Å². The van der Waals surface area contributed by atoms with Crippen LogP contribution >= 0.6 is 0 Å². The molecule has 0 amide bonds. The number of carbonyl (C=O) groups is 2. The summed E-state index contributed by atoms with van der Waals surface area (Å²) in [5.74, 6) is -0.979. The molecule has 3 nitrogen and oxygen atoms in total. The third-order valence-corrected chi connectivity index (χ3v) is 3.95. The molecule has 1 aliphatic rings. The van der Waals surface area contributed by atoms with Gasteiger partial charge >= 0.3 is 5.97 Å². The normalized spacial score (nSPS) is 18.7. The number of benzene rings is 1. The van der Waals surface area contributed by atoms with Gasteiger partial charge in [-0.3, -0.25) is 9.59 Å². The lowest BCUT2D eigenvalue weighted by molar-refractivity contribution is -0.149. The zero-order valence-corrected chi connectivity index (χ0v) is 11.5. The van der Waals surface area contributed by atoms with E-state index in [4.69, 9.17) is 5.11 Å². The number of carbonyl (C=O) groups excluding carboxylic acids is 1. The van der Waals surface area contributed by atoms with Crippen LogP contribution in [0.5, 0.6) is 0 Å². The van der Waals surface area contributed by atoms with E-state index in [2.05, 4.69) is 6.07 Å². The van der Waals surface area contributed by atoms with Gasteiger partial charge in [-0.2, -0.15) is 0 Å². The van der Waals surface area contributed by atoms with Gasteiger partial charge in [0.1, 0.15) is 5.78 Å². The summed E-state index contributed by atoms with van der Waals surface area (Å²) in [6.45, 7) is 3.23. The van der Waals surface area contributed by atoms with Crippen LogP contribution in [0.15, 0.2) is 24.3 Å². The monoisotopic (exact) mass is 260 g/mol. The summed E-state index contributed by atoms with van der Waals surface area (Å²) in [6.07, 6.45) is 2.95. The highest BCUT2D eigenvalue weighted by atomic mass is 16.4. The van der Waals surface area contributed by atoms with E-state index in [9.17, 15) is 9.59 Å². The fourth-order valence-electron chi connectivity index (χ4n) is 2.72. The van der Waals surface area contributed by atoms with Crippen molar-refractivity contribution in [2.45, 2.75) is 45.4 Å². The van der Waals surface area contributed by atoms with Gasteiger partial charge < -0.3 is 5.11 Å². The van der Waals surface area contributed by atoms with Crippen LogP contribution in [0.25, 0.3) is 0 Å². The van der Waals surface area contributed by atoms with E-state index < -0.39 is 11.4 Å². The maximum absolute atomic E-state index is 12.4. The Hall–Kier alpha value is -1.64. The molecule has 1 atom stereocenters. The maximum atomic E-state index is 12.4. The van der Waals surface area contributed by atoms with E-state index in [0.717, 1.165) is 24.8 Å². The fourth-order valence-corrected chi connectivity index (χ4v) is 2.72. The Morgan fingerprint density at radius 2 is 2.00 bits per heavy atom. The Balaban J connectivity index is 2.20. The molecule has 1 N–H and O–H groups in total. The van der Waals surface area contributed by atoms with Crippen LogP contribution in [-0.4, -0.2) is 16.9 Å². The van der Waals surface area contributed by atoms with Crippen LogP contribution in [0.4, 0.5) is 0 Å². The summed E-state index contributed by atoms with van der Waals surface area (Å²) in [5.41, 5.74) is 1.35. The number of carboxylic acid groups (broad SMARTS) is 1. The molecule has 0 heterocycles. The van der Waals surface area contributed by atoms with Gasteiger partial charge in [0.05, 0.1) is 5.41 Å². The van der Waals surface area contributed by atoms with E-state index in [1.165, 1.54) is 5.56 Å².